The highest BCUT2D eigenvalue weighted by molar-refractivity contribution is 5.70. The zero-order chi connectivity index (χ0) is 61.9. The molecule has 0 saturated carbocycles. The van der Waals surface area contributed by atoms with E-state index in [4.69, 9.17) is 9.47 Å². The van der Waals surface area contributed by atoms with Gasteiger partial charge in [-0.3, -0.25) is 9.59 Å². The third-order valence-electron chi connectivity index (χ3n) is 14.7. The van der Waals surface area contributed by atoms with Gasteiger partial charge in [-0.15, -0.1) is 0 Å². The second kappa shape index (κ2) is 74.3. The SMILES string of the molecule is CC/C=C\C/C=C\C/C=C\C/C=C\C/C=C\C/C=C\C/C=C\C/C=C\CCCCCCCCCCC(=O)OC(CO)COC(=O)CCCCCCCCCCCCCCCCCCC/C=C\C/C=C\C/C=C\C/C=C\C/C=C\C/C=C\C/C=C\CC. The average molecular weight is 1180 g/mol. The van der Waals surface area contributed by atoms with Crippen molar-refractivity contribution in [2.45, 2.75) is 302 Å². The number of ether oxygens (including phenoxy) is 2. The highest BCUT2D eigenvalue weighted by atomic mass is 16.6. The molecule has 1 N–H and O–H groups in total. The van der Waals surface area contributed by atoms with Crippen molar-refractivity contribution in [3.05, 3.63) is 182 Å². The first-order valence-electron chi connectivity index (χ1n) is 35.3. The van der Waals surface area contributed by atoms with E-state index in [1.807, 2.05) is 0 Å². The summed E-state index contributed by atoms with van der Waals surface area (Å²) < 4.78 is 10.8. The summed E-state index contributed by atoms with van der Waals surface area (Å²) in [7, 11) is 0. The van der Waals surface area contributed by atoms with Crippen LogP contribution in [0.5, 0.6) is 0 Å². The molecule has 0 aromatic carbocycles. The normalized spacial score (nSPS) is 13.4. The third kappa shape index (κ3) is 71.5. The van der Waals surface area contributed by atoms with Crippen LogP contribution in [0, 0.1) is 0 Å². The molecule has 484 valence electrons. The quantitative estimate of drug-likeness (QED) is 0.0373. The Morgan fingerprint density at radius 1 is 0.267 bits per heavy atom. The van der Waals surface area contributed by atoms with E-state index in [-0.39, 0.29) is 25.2 Å². The molecule has 0 fully saturated rings. The Hall–Kier alpha value is -5.00. The number of aliphatic hydroxyl groups is 1. The van der Waals surface area contributed by atoms with Gasteiger partial charge in [0.25, 0.3) is 0 Å². The lowest BCUT2D eigenvalue weighted by Gasteiger charge is -2.15. The summed E-state index contributed by atoms with van der Waals surface area (Å²) >= 11 is 0. The largest absolute Gasteiger partial charge is 0.462 e. The molecule has 0 saturated heterocycles. The topological polar surface area (TPSA) is 72.8 Å². The molecular weight excluding hydrogens is 1050 g/mol. The summed E-state index contributed by atoms with van der Waals surface area (Å²) in [4.78, 5) is 24.7. The third-order valence-corrected chi connectivity index (χ3v) is 14.7. The fourth-order valence-electron chi connectivity index (χ4n) is 9.49. The predicted octanol–water partition coefficient (Wildman–Crippen LogP) is 25.0. The molecule has 0 spiro atoms. The van der Waals surface area contributed by atoms with E-state index < -0.39 is 6.10 Å². The van der Waals surface area contributed by atoms with E-state index in [0.717, 1.165) is 141 Å². The van der Waals surface area contributed by atoms with Gasteiger partial charge < -0.3 is 14.6 Å². The van der Waals surface area contributed by atoms with Crippen LogP contribution < -0.4 is 0 Å². The van der Waals surface area contributed by atoms with Crippen molar-refractivity contribution in [3.63, 3.8) is 0 Å². The Kier molecular flexibility index (Phi) is 69.9. The molecule has 0 aromatic rings. The first kappa shape index (κ1) is 81.0. The van der Waals surface area contributed by atoms with E-state index in [9.17, 15) is 14.7 Å². The molecule has 0 aliphatic carbocycles. The number of aliphatic hydroxyl groups excluding tert-OH is 1. The smallest absolute Gasteiger partial charge is 0.306 e. The molecular formula is C81H130O5. The zero-order valence-electron chi connectivity index (χ0n) is 55.5. The molecule has 5 nitrogen and oxygen atoms in total. The van der Waals surface area contributed by atoms with Crippen molar-refractivity contribution in [3.8, 4) is 0 Å². The molecule has 86 heavy (non-hydrogen) atoms. The molecule has 0 heterocycles. The van der Waals surface area contributed by atoms with Gasteiger partial charge in [0.15, 0.2) is 6.10 Å². The lowest BCUT2D eigenvalue weighted by atomic mass is 10.0. The van der Waals surface area contributed by atoms with Crippen molar-refractivity contribution in [1.82, 2.24) is 0 Å². The second-order valence-corrected chi connectivity index (χ2v) is 22.8. The maximum Gasteiger partial charge on any atom is 0.306 e. The Labute approximate surface area is 531 Å². The minimum atomic E-state index is -0.790. The summed E-state index contributed by atoms with van der Waals surface area (Å²) in [5, 5.41) is 9.71. The minimum absolute atomic E-state index is 0.0774. The summed E-state index contributed by atoms with van der Waals surface area (Å²) in [5.74, 6) is -0.603. The van der Waals surface area contributed by atoms with Crippen LogP contribution in [0.3, 0.4) is 0 Å². The lowest BCUT2D eigenvalue weighted by Crippen LogP contribution is -2.28. The standard InChI is InChI=1S/C81H130O5/c1-3-5-7-9-11-13-15-17-19-21-23-25-27-29-31-33-35-37-38-39-40-41-42-44-45-47-49-51-53-55-57-59-61-63-65-67-69-71-73-75-80(83)85-78-79(77-82)86-81(84)76-74-72-70-68-66-64-62-60-58-56-54-52-50-48-46-43-36-34-32-30-28-26-24-22-20-18-16-14-12-10-8-6-4-2/h5-8,11-14,17-20,23-26,29-32,35-37,39-40,43,48,50,54,56,79,82H,3-4,9-10,15-16,21-22,27-28,33-34,38,41-42,44-47,49,51-53,55,57-78H2,1-2H3/b7-5-,8-6-,13-11-,14-12-,19-17-,20-18-,25-23-,26-24-,31-29-,32-30-,37-35-,40-39-,43-36-,50-48-,56-54-. The Morgan fingerprint density at radius 2 is 0.465 bits per heavy atom. The van der Waals surface area contributed by atoms with Gasteiger partial charge in [0.2, 0.25) is 0 Å². The summed E-state index contributed by atoms with van der Waals surface area (Å²) in [6.07, 6.45) is 116. The minimum Gasteiger partial charge on any atom is -0.462 e. The van der Waals surface area contributed by atoms with Gasteiger partial charge in [0.05, 0.1) is 6.61 Å². The molecule has 0 bridgehead atoms. The van der Waals surface area contributed by atoms with Crippen LogP contribution in [0.2, 0.25) is 0 Å². The van der Waals surface area contributed by atoms with Gasteiger partial charge >= 0.3 is 11.9 Å². The first-order valence-corrected chi connectivity index (χ1v) is 35.3. The molecule has 1 atom stereocenters. The Morgan fingerprint density at radius 3 is 0.698 bits per heavy atom. The average Bonchev–Trinajstić information content (AvgIpc) is 3.55. The van der Waals surface area contributed by atoms with Crippen molar-refractivity contribution in [1.29, 1.82) is 0 Å². The molecule has 1 unspecified atom stereocenters. The van der Waals surface area contributed by atoms with Gasteiger partial charge in [-0.1, -0.05) is 331 Å². The van der Waals surface area contributed by atoms with Crippen molar-refractivity contribution < 1.29 is 24.2 Å². The van der Waals surface area contributed by atoms with Crippen LogP contribution in [0.4, 0.5) is 0 Å². The van der Waals surface area contributed by atoms with Crippen molar-refractivity contribution in [2.75, 3.05) is 13.2 Å². The van der Waals surface area contributed by atoms with E-state index in [0.29, 0.717) is 12.8 Å². The Balaban J connectivity index is 3.54. The number of carbonyl (C=O) groups excluding carboxylic acids is 2. The predicted molar refractivity (Wildman–Crippen MR) is 380 cm³/mol. The number of carbonyl (C=O) groups is 2. The summed E-state index contributed by atoms with van der Waals surface area (Å²) in [6.45, 7) is 3.91. The number of hydrogen-bond donors (Lipinski definition) is 1. The number of allylic oxidation sites excluding steroid dienone is 30. The van der Waals surface area contributed by atoms with Crippen LogP contribution in [0.1, 0.15) is 296 Å². The maximum atomic E-state index is 12.4. The monoisotopic (exact) mass is 1180 g/mol. The van der Waals surface area contributed by atoms with Crippen LogP contribution in [0.25, 0.3) is 0 Å². The highest BCUT2D eigenvalue weighted by Gasteiger charge is 2.16. The van der Waals surface area contributed by atoms with Crippen LogP contribution in [-0.4, -0.2) is 36.4 Å². The molecule has 0 aliphatic heterocycles. The molecule has 0 aliphatic rings. The fourth-order valence-corrected chi connectivity index (χ4v) is 9.49. The van der Waals surface area contributed by atoms with Gasteiger partial charge in [-0.25, -0.2) is 0 Å². The molecule has 0 rings (SSSR count). The lowest BCUT2D eigenvalue weighted by molar-refractivity contribution is -0.161. The number of rotatable bonds is 63. The highest BCUT2D eigenvalue weighted by Crippen LogP contribution is 2.16. The number of hydrogen-bond acceptors (Lipinski definition) is 5. The van der Waals surface area contributed by atoms with E-state index >= 15 is 0 Å². The van der Waals surface area contributed by atoms with E-state index in [1.165, 1.54) is 128 Å². The van der Waals surface area contributed by atoms with Gasteiger partial charge in [-0.05, 0) is 135 Å². The molecule has 5 heteroatoms. The van der Waals surface area contributed by atoms with Gasteiger partial charge in [0.1, 0.15) is 6.61 Å². The van der Waals surface area contributed by atoms with Gasteiger partial charge in [0, 0.05) is 12.8 Å². The number of esters is 2. The van der Waals surface area contributed by atoms with Gasteiger partial charge in [-0.2, -0.15) is 0 Å². The van der Waals surface area contributed by atoms with Crippen LogP contribution in [-0.2, 0) is 19.1 Å². The van der Waals surface area contributed by atoms with Crippen molar-refractivity contribution >= 4 is 11.9 Å². The second-order valence-electron chi connectivity index (χ2n) is 22.8. The number of unbranched alkanes of at least 4 members (excludes halogenated alkanes) is 25. The molecule has 0 amide bonds. The summed E-state index contributed by atoms with van der Waals surface area (Å²) in [6, 6.07) is 0. The maximum absolute atomic E-state index is 12.4. The molecule has 0 radical (unpaired) electrons. The Bertz CT molecular complexity index is 1920. The van der Waals surface area contributed by atoms with Crippen molar-refractivity contribution in [2.24, 2.45) is 0 Å². The fraction of sp³-hybridized carbons (Fsp3) is 0.605. The first-order chi connectivity index (χ1) is 42.6. The van der Waals surface area contributed by atoms with E-state index in [2.05, 4.69) is 196 Å². The van der Waals surface area contributed by atoms with Crippen LogP contribution >= 0.6 is 0 Å². The van der Waals surface area contributed by atoms with E-state index in [1.54, 1.807) is 0 Å². The zero-order valence-corrected chi connectivity index (χ0v) is 55.5. The summed E-state index contributed by atoms with van der Waals surface area (Å²) in [5.41, 5.74) is 0. The van der Waals surface area contributed by atoms with Crippen LogP contribution in [0.15, 0.2) is 182 Å². The molecule has 0 aromatic heterocycles.